The molecule has 26 heavy (non-hydrogen) atoms. The van der Waals surface area contributed by atoms with Crippen LogP contribution in [0.1, 0.15) is 30.0 Å². The number of benzene rings is 1. The summed E-state index contributed by atoms with van der Waals surface area (Å²) in [5, 5.41) is 13.7. The second-order valence-corrected chi connectivity index (χ2v) is 6.98. The molecular formula is C21H25N3O2. The third-order valence-corrected chi connectivity index (χ3v) is 5.05. The van der Waals surface area contributed by atoms with E-state index in [1.165, 1.54) is 18.4 Å². The van der Waals surface area contributed by atoms with Crippen LogP contribution in [0.2, 0.25) is 0 Å². The molecule has 1 aliphatic rings. The van der Waals surface area contributed by atoms with Crippen LogP contribution in [0.15, 0.2) is 59.3 Å². The number of nitrogens with zero attached hydrogens (tertiary/aromatic N) is 3. The third-order valence-electron chi connectivity index (χ3n) is 5.05. The SMILES string of the molecule is OCCn1ccc([C@@H]2CCCN(Cc3cccc(-c4ccco4)c3)C2)n1. The molecule has 1 aliphatic heterocycles. The Bertz CT molecular complexity index is 825. The molecule has 0 aliphatic carbocycles. The van der Waals surface area contributed by atoms with Crippen LogP contribution in [0.4, 0.5) is 0 Å². The van der Waals surface area contributed by atoms with Crippen molar-refractivity contribution in [3.8, 4) is 11.3 Å². The summed E-state index contributed by atoms with van der Waals surface area (Å²) in [7, 11) is 0. The monoisotopic (exact) mass is 351 g/mol. The maximum absolute atomic E-state index is 9.06. The van der Waals surface area contributed by atoms with Gasteiger partial charge in [0.2, 0.25) is 0 Å². The summed E-state index contributed by atoms with van der Waals surface area (Å²) in [6.07, 6.45) is 6.05. The van der Waals surface area contributed by atoms with Gasteiger partial charge in [0.1, 0.15) is 5.76 Å². The number of hydrogen-bond donors (Lipinski definition) is 1. The normalized spacial score (nSPS) is 18.3. The Kier molecular flexibility index (Phi) is 5.18. The number of hydrogen-bond acceptors (Lipinski definition) is 4. The largest absolute Gasteiger partial charge is 0.464 e. The van der Waals surface area contributed by atoms with E-state index in [0.29, 0.717) is 12.5 Å². The predicted molar refractivity (Wildman–Crippen MR) is 101 cm³/mol. The highest BCUT2D eigenvalue weighted by molar-refractivity contribution is 5.58. The van der Waals surface area contributed by atoms with Gasteiger partial charge in [0, 0.05) is 30.8 Å². The van der Waals surface area contributed by atoms with E-state index in [4.69, 9.17) is 9.52 Å². The molecule has 0 spiro atoms. The van der Waals surface area contributed by atoms with Gasteiger partial charge in [0.05, 0.1) is 25.1 Å². The predicted octanol–water partition coefficient (Wildman–Crippen LogP) is 3.52. The van der Waals surface area contributed by atoms with Crippen LogP contribution in [-0.4, -0.2) is 39.5 Å². The van der Waals surface area contributed by atoms with Gasteiger partial charge in [-0.3, -0.25) is 9.58 Å². The molecule has 0 saturated carbocycles. The summed E-state index contributed by atoms with van der Waals surface area (Å²) in [5.41, 5.74) is 3.58. The van der Waals surface area contributed by atoms with Gasteiger partial charge in [0.25, 0.3) is 0 Å². The van der Waals surface area contributed by atoms with E-state index in [9.17, 15) is 0 Å². The topological polar surface area (TPSA) is 54.4 Å². The Morgan fingerprint density at radius 2 is 2.15 bits per heavy atom. The first kappa shape index (κ1) is 17.1. The number of furan rings is 1. The number of piperidine rings is 1. The lowest BCUT2D eigenvalue weighted by Gasteiger charge is -2.32. The second-order valence-electron chi connectivity index (χ2n) is 6.98. The molecule has 0 bridgehead atoms. The van der Waals surface area contributed by atoms with E-state index < -0.39 is 0 Å². The first-order valence-electron chi connectivity index (χ1n) is 9.31. The van der Waals surface area contributed by atoms with Gasteiger partial charge in [0.15, 0.2) is 0 Å². The fraction of sp³-hybridized carbons (Fsp3) is 0.381. The molecular weight excluding hydrogens is 326 g/mol. The fourth-order valence-electron chi connectivity index (χ4n) is 3.79. The van der Waals surface area contributed by atoms with Gasteiger partial charge in [-0.05, 0) is 49.2 Å². The first-order chi connectivity index (χ1) is 12.8. The average molecular weight is 351 g/mol. The molecule has 1 aromatic carbocycles. The zero-order valence-electron chi connectivity index (χ0n) is 14.9. The molecule has 3 aromatic rings. The smallest absolute Gasteiger partial charge is 0.133 e. The summed E-state index contributed by atoms with van der Waals surface area (Å²) in [5.74, 6) is 1.38. The molecule has 136 valence electrons. The number of rotatable bonds is 6. The Balaban J connectivity index is 1.42. The van der Waals surface area contributed by atoms with E-state index in [-0.39, 0.29) is 6.61 Å². The van der Waals surface area contributed by atoms with Crippen molar-refractivity contribution in [2.45, 2.75) is 31.8 Å². The molecule has 1 fully saturated rings. The molecule has 4 rings (SSSR count). The quantitative estimate of drug-likeness (QED) is 0.738. The highest BCUT2D eigenvalue weighted by atomic mass is 16.3. The van der Waals surface area contributed by atoms with Gasteiger partial charge >= 0.3 is 0 Å². The third kappa shape index (κ3) is 3.89. The lowest BCUT2D eigenvalue weighted by molar-refractivity contribution is 0.197. The van der Waals surface area contributed by atoms with Crippen molar-refractivity contribution in [2.24, 2.45) is 0 Å². The van der Waals surface area contributed by atoms with Crippen LogP contribution >= 0.6 is 0 Å². The van der Waals surface area contributed by atoms with Crippen LogP contribution in [0.25, 0.3) is 11.3 Å². The van der Waals surface area contributed by atoms with Crippen molar-refractivity contribution in [1.29, 1.82) is 0 Å². The Labute approximate surface area is 153 Å². The maximum Gasteiger partial charge on any atom is 0.133 e. The van der Waals surface area contributed by atoms with Gasteiger partial charge < -0.3 is 9.52 Å². The Hall–Kier alpha value is -2.37. The van der Waals surface area contributed by atoms with E-state index >= 15 is 0 Å². The average Bonchev–Trinajstić information content (AvgIpc) is 3.35. The van der Waals surface area contributed by atoms with E-state index in [2.05, 4.69) is 40.3 Å². The van der Waals surface area contributed by atoms with Crippen molar-refractivity contribution >= 4 is 0 Å². The zero-order chi connectivity index (χ0) is 17.8. The standard InChI is InChI=1S/C21H25N3O2/c25-12-11-24-10-8-20(22-24)19-6-2-9-23(16-19)15-17-4-1-5-18(14-17)21-7-3-13-26-21/h1,3-5,7-8,10,13-14,19,25H,2,6,9,11-12,15-16H2/t19-/m1/s1. The molecule has 0 radical (unpaired) electrons. The fourth-order valence-corrected chi connectivity index (χ4v) is 3.79. The van der Waals surface area contributed by atoms with Gasteiger partial charge in [-0.2, -0.15) is 5.10 Å². The van der Waals surface area contributed by atoms with Crippen LogP contribution in [0, 0.1) is 0 Å². The first-order valence-corrected chi connectivity index (χ1v) is 9.31. The molecule has 1 atom stereocenters. The van der Waals surface area contributed by atoms with Crippen molar-refractivity contribution in [3.05, 3.63) is 66.2 Å². The van der Waals surface area contributed by atoms with Crippen LogP contribution < -0.4 is 0 Å². The summed E-state index contributed by atoms with van der Waals surface area (Å²) in [6.45, 7) is 3.79. The minimum Gasteiger partial charge on any atom is -0.464 e. The summed E-state index contributed by atoms with van der Waals surface area (Å²) < 4.78 is 7.35. The van der Waals surface area contributed by atoms with E-state index in [1.54, 1.807) is 6.26 Å². The van der Waals surface area contributed by atoms with Crippen molar-refractivity contribution < 1.29 is 9.52 Å². The summed E-state index contributed by atoms with van der Waals surface area (Å²) in [4.78, 5) is 2.51. The van der Waals surface area contributed by atoms with Crippen molar-refractivity contribution in [2.75, 3.05) is 19.7 Å². The summed E-state index contributed by atoms with van der Waals surface area (Å²) >= 11 is 0. The Morgan fingerprint density at radius 3 is 3.00 bits per heavy atom. The number of aliphatic hydroxyl groups excluding tert-OH is 1. The lowest BCUT2D eigenvalue weighted by atomic mass is 9.94. The Morgan fingerprint density at radius 1 is 1.19 bits per heavy atom. The highest BCUT2D eigenvalue weighted by Gasteiger charge is 2.23. The molecule has 0 amide bonds. The van der Waals surface area contributed by atoms with Crippen LogP contribution in [-0.2, 0) is 13.1 Å². The minimum absolute atomic E-state index is 0.129. The van der Waals surface area contributed by atoms with Crippen LogP contribution in [0.5, 0.6) is 0 Å². The highest BCUT2D eigenvalue weighted by Crippen LogP contribution is 2.27. The molecule has 3 heterocycles. The minimum atomic E-state index is 0.129. The van der Waals surface area contributed by atoms with Gasteiger partial charge in [-0.1, -0.05) is 18.2 Å². The molecule has 5 nitrogen and oxygen atoms in total. The molecule has 1 N–H and O–H groups in total. The molecule has 0 unspecified atom stereocenters. The zero-order valence-corrected chi connectivity index (χ0v) is 14.9. The van der Waals surface area contributed by atoms with Crippen LogP contribution in [0.3, 0.4) is 0 Å². The maximum atomic E-state index is 9.06. The second kappa shape index (κ2) is 7.89. The summed E-state index contributed by atoms with van der Waals surface area (Å²) in [6, 6.07) is 14.6. The van der Waals surface area contributed by atoms with E-state index in [1.807, 2.05) is 23.0 Å². The van der Waals surface area contributed by atoms with E-state index in [0.717, 1.165) is 36.7 Å². The molecule has 2 aromatic heterocycles. The number of aliphatic hydroxyl groups is 1. The van der Waals surface area contributed by atoms with Gasteiger partial charge in [-0.15, -0.1) is 0 Å². The van der Waals surface area contributed by atoms with Crippen molar-refractivity contribution in [1.82, 2.24) is 14.7 Å². The van der Waals surface area contributed by atoms with Crippen molar-refractivity contribution in [3.63, 3.8) is 0 Å². The molecule has 5 heteroatoms. The lowest BCUT2D eigenvalue weighted by Crippen LogP contribution is -2.34. The number of likely N-dealkylation sites (tertiary alicyclic amines) is 1. The van der Waals surface area contributed by atoms with Gasteiger partial charge in [-0.25, -0.2) is 0 Å². The number of aromatic nitrogens is 2. The molecule has 1 saturated heterocycles.